The van der Waals surface area contributed by atoms with Gasteiger partial charge in [-0.25, -0.2) is 0 Å². The zero-order chi connectivity index (χ0) is 17.2. The first-order chi connectivity index (χ1) is 11.7. The SMILES string of the molecule is C=CCNC(=S)NN=Cc1ccc(OC)c(CN2CCOCC2)c1. The van der Waals surface area contributed by atoms with Crippen molar-refractivity contribution in [3.63, 3.8) is 0 Å². The Balaban J connectivity index is 1.98. The van der Waals surface area contributed by atoms with E-state index in [4.69, 9.17) is 21.7 Å². The van der Waals surface area contributed by atoms with E-state index < -0.39 is 0 Å². The van der Waals surface area contributed by atoms with Gasteiger partial charge in [-0.05, 0) is 36.0 Å². The molecule has 0 atom stereocenters. The molecule has 0 radical (unpaired) electrons. The van der Waals surface area contributed by atoms with Crippen LogP contribution >= 0.6 is 12.2 Å². The van der Waals surface area contributed by atoms with E-state index in [0.717, 1.165) is 49.7 Å². The quantitative estimate of drug-likeness (QED) is 0.337. The smallest absolute Gasteiger partial charge is 0.187 e. The highest BCUT2D eigenvalue weighted by Gasteiger charge is 2.13. The molecule has 0 aliphatic carbocycles. The number of ether oxygens (including phenoxy) is 2. The van der Waals surface area contributed by atoms with Crippen molar-refractivity contribution in [2.24, 2.45) is 5.10 Å². The summed E-state index contributed by atoms with van der Waals surface area (Å²) in [5.74, 6) is 0.884. The second-order valence-electron chi connectivity index (χ2n) is 5.33. The summed E-state index contributed by atoms with van der Waals surface area (Å²) < 4.78 is 10.9. The average Bonchev–Trinajstić information content (AvgIpc) is 2.61. The second kappa shape index (κ2) is 10.0. The van der Waals surface area contributed by atoms with Crippen LogP contribution in [0.3, 0.4) is 0 Å². The van der Waals surface area contributed by atoms with Gasteiger partial charge in [0.25, 0.3) is 0 Å². The van der Waals surface area contributed by atoms with Gasteiger partial charge in [-0.3, -0.25) is 10.3 Å². The second-order valence-corrected chi connectivity index (χ2v) is 5.74. The number of rotatable bonds is 7. The van der Waals surface area contributed by atoms with Gasteiger partial charge in [0.2, 0.25) is 0 Å². The van der Waals surface area contributed by atoms with Gasteiger partial charge in [0.15, 0.2) is 5.11 Å². The molecule has 1 aliphatic rings. The van der Waals surface area contributed by atoms with Gasteiger partial charge in [0.05, 0.1) is 26.5 Å². The molecule has 2 N–H and O–H groups in total. The van der Waals surface area contributed by atoms with Crippen molar-refractivity contribution in [1.29, 1.82) is 0 Å². The number of benzene rings is 1. The van der Waals surface area contributed by atoms with E-state index in [1.165, 1.54) is 0 Å². The molecular formula is C17H24N4O2S. The highest BCUT2D eigenvalue weighted by Crippen LogP contribution is 2.21. The van der Waals surface area contributed by atoms with E-state index in [9.17, 15) is 0 Å². The summed E-state index contributed by atoms with van der Waals surface area (Å²) in [5, 5.41) is 7.57. The van der Waals surface area contributed by atoms with E-state index >= 15 is 0 Å². The Labute approximate surface area is 148 Å². The molecule has 24 heavy (non-hydrogen) atoms. The molecule has 6 nitrogen and oxygen atoms in total. The maximum absolute atomic E-state index is 5.47. The Kier molecular flexibility index (Phi) is 7.67. The molecule has 1 aromatic carbocycles. The van der Waals surface area contributed by atoms with E-state index in [0.29, 0.717) is 11.7 Å². The van der Waals surface area contributed by atoms with Crippen molar-refractivity contribution >= 4 is 23.5 Å². The summed E-state index contributed by atoms with van der Waals surface area (Å²) in [6.07, 6.45) is 3.48. The predicted molar refractivity (Wildman–Crippen MR) is 101 cm³/mol. The normalized spacial score (nSPS) is 15.2. The van der Waals surface area contributed by atoms with Gasteiger partial charge in [-0.15, -0.1) is 6.58 Å². The van der Waals surface area contributed by atoms with Gasteiger partial charge in [0, 0.05) is 31.7 Å². The highest BCUT2D eigenvalue weighted by atomic mass is 32.1. The van der Waals surface area contributed by atoms with Gasteiger partial charge in [-0.1, -0.05) is 6.08 Å². The summed E-state index contributed by atoms with van der Waals surface area (Å²) in [7, 11) is 1.69. The Morgan fingerprint density at radius 2 is 2.25 bits per heavy atom. The summed E-state index contributed by atoms with van der Waals surface area (Å²) in [5.41, 5.74) is 4.90. The van der Waals surface area contributed by atoms with Crippen molar-refractivity contribution in [3.8, 4) is 5.75 Å². The lowest BCUT2D eigenvalue weighted by Gasteiger charge is -2.27. The number of morpholine rings is 1. The summed E-state index contributed by atoms with van der Waals surface area (Å²) in [6, 6.07) is 6.01. The number of nitrogens with zero attached hydrogens (tertiary/aromatic N) is 2. The summed E-state index contributed by atoms with van der Waals surface area (Å²) in [6.45, 7) is 8.50. The number of thiocarbonyl (C=S) groups is 1. The van der Waals surface area contributed by atoms with Crippen molar-refractivity contribution in [1.82, 2.24) is 15.6 Å². The van der Waals surface area contributed by atoms with Crippen molar-refractivity contribution in [3.05, 3.63) is 42.0 Å². The molecule has 1 aliphatic heterocycles. The molecule has 1 saturated heterocycles. The first-order valence-electron chi connectivity index (χ1n) is 7.87. The van der Waals surface area contributed by atoms with Gasteiger partial charge in [0.1, 0.15) is 5.75 Å². The Morgan fingerprint density at radius 1 is 1.46 bits per heavy atom. The molecule has 7 heteroatoms. The summed E-state index contributed by atoms with van der Waals surface area (Å²) in [4.78, 5) is 2.36. The maximum Gasteiger partial charge on any atom is 0.187 e. The monoisotopic (exact) mass is 348 g/mol. The van der Waals surface area contributed by atoms with Crippen LogP contribution in [0.25, 0.3) is 0 Å². The fourth-order valence-electron chi connectivity index (χ4n) is 2.37. The van der Waals surface area contributed by atoms with Crippen LogP contribution in [0.1, 0.15) is 11.1 Å². The Bertz CT molecular complexity index is 586. The van der Waals surface area contributed by atoms with Crippen LogP contribution in [-0.2, 0) is 11.3 Å². The minimum absolute atomic E-state index is 0.466. The molecule has 1 aromatic rings. The number of methoxy groups -OCH3 is 1. The zero-order valence-electron chi connectivity index (χ0n) is 14.0. The van der Waals surface area contributed by atoms with E-state index in [-0.39, 0.29) is 0 Å². The maximum atomic E-state index is 5.47. The molecule has 0 amide bonds. The fraction of sp³-hybridized carbons (Fsp3) is 0.412. The van der Waals surface area contributed by atoms with Crippen LogP contribution in [0.5, 0.6) is 5.75 Å². The number of hydrogen-bond donors (Lipinski definition) is 2. The largest absolute Gasteiger partial charge is 0.496 e. The zero-order valence-corrected chi connectivity index (χ0v) is 14.8. The average molecular weight is 348 g/mol. The molecule has 0 bridgehead atoms. The van der Waals surface area contributed by atoms with Crippen molar-refractivity contribution < 1.29 is 9.47 Å². The van der Waals surface area contributed by atoms with Crippen LogP contribution in [0.2, 0.25) is 0 Å². The highest BCUT2D eigenvalue weighted by molar-refractivity contribution is 7.80. The lowest BCUT2D eigenvalue weighted by molar-refractivity contribution is 0.0339. The van der Waals surface area contributed by atoms with Crippen LogP contribution < -0.4 is 15.5 Å². The minimum Gasteiger partial charge on any atom is -0.496 e. The third kappa shape index (κ3) is 5.92. The first kappa shape index (κ1) is 18.4. The third-order valence-electron chi connectivity index (χ3n) is 3.59. The molecule has 130 valence electrons. The number of hydrogen-bond acceptors (Lipinski definition) is 5. The summed E-state index contributed by atoms with van der Waals surface area (Å²) >= 11 is 5.09. The fourth-order valence-corrected chi connectivity index (χ4v) is 2.51. The number of nitrogens with one attached hydrogen (secondary N) is 2. The molecular weight excluding hydrogens is 324 g/mol. The van der Waals surface area contributed by atoms with Gasteiger partial charge < -0.3 is 14.8 Å². The Morgan fingerprint density at radius 3 is 2.96 bits per heavy atom. The molecule has 0 aromatic heterocycles. The van der Waals surface area contributed by atoms with Crippen LogP contribution in [0, 0.1) is 0 Å². The van der Waals surface area contributed by atoms with Crippen LogP contribution in [0.15, 0.2) is 36.0 Å². The molecule has 2 rings (SSSR count). The lowest BCUT2D eigenvalue weighted by Crippen LogP contribution is -2.35. The number of hydrazone groups is 1. The molecule has 1 heterocycles. The molecule has 0 saturated carbocycles. The minimum atomic E-state index is 0.466. The molecule has 0 unspecified atom stereocenters. The van der Waals surface area contributed by atoms with E-state index in [2.05, 4.69) is 33.4 Å². The topological polar surface area (TPSA) is 58.1 Å². The van der Waals surface area contributed by atoms with Gasteiger partial charge in [-0.2, -0.15) is 5.10 Å². The first-order valence-corrected chi connectivity index (χ1v) is 8.28. The predicted octanol–water partition coefficient (Wildman–Crippen LogP) is 1.51. The molecule has 1 fully saturated rings. The third-order valence-corrected chi connectivity index (χ3v) is 3.82. The van der Waals surface area contributed by atoms with Crippen LogP contribution in [-0.4, -0.2) is 56.2 Å². The van der Waals surface area contributed by atoms with Gasteiger partial charge >= 0.3 is 0 Å². The lowest BCUT2D eigenvalue weighted by atomic mass is 10.1. The van der Waals surface area contributed by atoms with E-state index in [1.54, 1.807) is 19.4 Å². The Hall–Kier alpha value is -1.96. The standard InChI is InChI=1S/C17H24N4O2S/c1-3-6-18-17(24)20-19-12-14-4-5-16(22-2)15(11-14)13-21-7-9-23-10-8-21/h3-5,11-12H,1,6-10,13H2,2H3,(H2,18,20,24). The van der Waals surface area contributed by atoms with Crippen molar-refractivity contribution in [2.75, 3.05) is 40.0 Å². The molecule has 0 spiro atoms. The van der Waals surface area contributed by atoms with E-state index in [1.807, 2.05) is 12.1 Å². The van der Waals surface area contributed by atoms with Crippen molar-refractivity contribution in [2.45, 2.75) is 6.54 Å². The van der Waals surface area contributed by atoms with Crippen LogP contribution in [0.4, 0.5) is 0 Å².